The van der Waals surface area contributed by atoms with Gasteiger partial charge in [0.15, 0.2) is 11.5 Å². The highest BCUT2D eigenvalue weighted by Crippen LogP contribution is 2.27. The van der Waals surface area contributed by atoms with Gasteiger partial charge >= 0.3 is 0 Å². The lowest BCUT2D eigenvalue weighted by molar-refractivity contribution is 0.578. The predicted molar refractivity (Wildman–Crippen MR) is 113 cm³/mol. The number of halogens is 4. The number of H-pyrrole nitrogens is 1. The number of fused-ring (bicyclic) bond motifs is 1. The number of pyridine rings is 1. The zero-order chi connectivity index (χ0) is 22.2. The van der Waals surface area contributed by atoms with Gasteiger partial charge in [-0.3, -0.25) is 9.82 Å². The van der Waals surface area contributed by atoms with Crippen LogP contribution >= 0.6 is 23.2 Å². The third kappa shape index (κ3) is 4.46. The second-order valence-corrected chi connectivity index (χ2v) is 8.83. The molecule has 6 nitrogen and oxygen atoms in total. The smallest absolute Gasteiger partial charge is 0.262 e. The highest BCUT2D eigenvalue weighted by molar-refractivity contribution is 7.92. The molecule has 0 saturated carbocycles. The van der Waals surface area contributed by atoms with Gasteiger partial charge < -0.3 is 0 Å². The Bertz CT molecular complexity index is 1470. The number of nitrogens with zero attached hydrogens (tertiary/aromatic N) is 2. The second kappa shape index (κ2) is 8.15. The molecule has 0 amide bonds. The lowest BCUT2D eigenvalue weighted by atomic mass is 10.1. The monoisotopic (exact) mass is 478 g/mol. The molecule has 0 radical (unpaired) electrons. The Morgan fingerprint density at radius 1 is 1.00 bits per heavy atom. The van der Waals surface area contributed by atoms with Crippen LogP contribution in [0.15, 0.2) is 53.7 Å². The first-order chi connectivity index (χ1) is 14.7. The molecule has 2 aromatic carbocycles. The van der Waals surface area contributed by atoms with Crippen molar-refractivity contribution in [1.82, 2.24) is 15.2 Å². The highest BCUT2D eigenvalue weighted by Gasteiger charge is 2.20. The summed E-state index contributed by atoms with van der Waals surface area (Å²) < 4.78 is 56.4. The summed E-state index contributed by atoms with van der Waals surface area (Å²) in [4.78, 5) is 3.81. The van der Waals surface area contributed by atoms with Gasteiger partial charge in [0.2, 0.25) is 0 Å². The average molecular weight is 479 g/mol. The van der Waals surface area contributed by atoms with Crippen molar-refractivity contribution in [3.63, 3.8) is 0 Å². The van der Waals surface area contributed by atoms with E-state index in [0.717, 1.165) is 24.3 Å². The van der Waals surface area contributed by atoms with Crippen LogP contribution in [-0.2, 0) is 10.0 Å². The molecule has 0 spiro atoms. The molecule has 0 saturated heterocycles. The fourth-order valence-corrected chi connectivity index (χ4v) is 4.46. The van der Waals surface area contributed by atoms with E-state index in [0.29, 0.717) is 16.6 Å². The van der Waals surface area contributed by atoms with Crippen LogP contribution in [-0.4, -0.2) is 23.6 Å². The largest absolute Gasteiger partial charge is 0.277 e. The number of anilines is 1. The molecule has 0 aliphatic heterocycles. The third-order valence-corrected chi connectivity index (χ3v) is 5.89. The average Bonchev–Trinajstić information content (AvgIpc) is 3.17. The summed E-state index contributed by atoms with van der Waals surface area (Å²) in [5.74, 6) is 2.89. The molecule has 156 valence electrons. The normalized spacial score (nSPS) is 11.2. The number of aromatic nitrogens is 3. The number of aromatic amines is 1. The first kappa shape index (κ1) is 21.1. The predicted octanol–water partition coefficient (Wildman–Crippen LogP) is 4.74. The maximum absolute atomic E-state index is 14.9. The molecule has 2 N–H and O–H groups in total. The Kier molecular flexibility index (Phi) is 5.54. The quantitative estimate of drug-likeness (QED) is 0.416. The molecule has 2 aromatic heterocycles. The summed E-state index contributed by atoms with van der Waals surface area (Å²) in [7, 11) is -4.25. The zero-order valence-electron chi connectivity index (χ0n) is 15.2. The van der Waals surface area contributed by atoms with Gasteiger partial charge in [0.05, 0.1) is 22.3 Å². The van der Waals surface area contributed by atoms with E-state index < -0.39 is 32.9 Å². The SMILES string of the molecule is O=S(=O)(Nc1ccc(F)c(C#Cc2cnc3[nH]ncc3c2)c1F)c1cc(Cl)cc(Cl)c1. The highest BCUT2D eigenvalue weighted by atomic mass is 35.5. The van der Waals surface area contributed by atoms with Crippen LogP contribution in [0.3, 0.4) is 0 Å². The van der Waals surface area contributed by atoms with Crippen LogP contribution in [0.4, 0.5) is 14.5 Å². The van der Waals surface area contributed by atoms with Crippen LogP contribution < -0.4 is 4.72 Å². The van der Waals surface area contributed by atoms with Crippen LogP contribution in [0.25, 0.3) is 11.0 Å². The number of sulfonamides is 1. The maximum atomic E-state index is 14.9. The fourth-order valence-electron chi connectivity index (χ4n) is 2.67. The number of hydrogen-bond donors (Lipinski definition) is 2. The first-order valence-corrected chi connectivity index (χ1v) is 10.7. The molecule has 0 aliphatic rings. The van der Waals surface area contributed by atoms with Crippen molar-refractivity contribution in [2.45, 2.75) is 4.90 Å². The van der Waals surface area contributed by atoms with Gasteiger partial charge in [-0.2, -0.15) is 5.10 Å². The molecule has 0 atom stereocenters. The topological polar surface area (TPSA) is 87.7 Å². The Balaban J connectivity index is 1.69. The Morgan fingerprint density at radius 2 is 1.74 bits per heavy atom. The van der Waals surface area contributed by atoms with Crippen molar-refractivity contribution in [1.29, 1.82) is 0 Å². The molecule has 0 bridgehead atoms. The van der Waals surface area contributed by atoms with Crippen LogP contribution in [0.5, 0.6) is 0 Å². The zero-order valence-corrected chi connectivity index (χ0v) is 17.6. The van der Waals surface area contributed by atoms with Crippen molar-refractivity contribution < 1.29 is 17.2 Å². The van der Waals surface area contributed by atoms with Gasteiger partial charge in [0, 0.05) is 27.2 Å². The van der Waals surface area contributed by atoms with Crippen molar-refractivity contribution in [3.8, 4) is 11.8 Å². The van der Waals surface area contributed by atoms with E-state index >= 15 is 0 Å². The number of benzene rings is 2. The van der Waals surface area contributed by atoms with Gasteiger partial charge in [-0.15, -0.1) is 0 Å². The van der Waals surface area contributed by atoms with E-state index in [9.17, 15) is 17.2 Å². The Labute approximate surface area is 185 Å². The molecule has 4 aromatic rings. The Morgan fingerprint density at radius 3 is 2.48 bits per heavy atom. The van der Waals surface area contributed by atoms with E-state index in [1.807, 2.05) is 0 Å². The minimum absolute atomic E-state index is 0.0854. The first-order valence-electron chi connectivity index (χ1n) is 8.51. The summed E-state index contributed by atoms with van der Waals surface area (Å²) in [6.07, 6.45) is 2.95. The van der Waals surface area contributed by atoms with E-state index in [-0.39, 0.29) is 14.9 Å². The number of rotatable bonds is 3. The second-order valence-electron chi connectivity index (χ2n) is 6.28. The lowest BCUT2D eigenvalue weighted by Gasteiger charge is -2.11. The fraction of sp³-hybridized carbons (Fsp3) is 0. The van der Waals surface area contributed by atoms with Crippen molar-refractivity contribution >= 4 is 49.9 Å². The molecule has 0 fully saturated rings. The minimum atomic E-state index is -4.25. The van der Waals surface area contributed by atoms with Crippen molar-refractivity contribution in [2.24, 2.45) is 0 Å². The molecule has 4 rings (SSSR count). The Hall–Kier alpha value is -3.19. The molecular formula is C20H10Cl2F2N4O2S. The molecular weight excluding hydrogens is 469 g/mol. The molecule has 11 heteroatoms. The summed E-state index contributed by atoms with van der Waals surface area (Å²) in [5.41, 5.74) is -0.144. The van der Waals surface area contributed by atoms with E-state index in [4.69, 9.17) is 23.2 Å². The van der Waals surface area contributed by atoms with Crippen molar-refractivity contribution in [2.75, 3.05) is 4.72 Å². The summed E-state index contributed by atoms with van der Waals surface area (Å²) >= 11 is 11.7. The summed E-state index contributed by atoms with van der Waals surface area (Å²) in [6, 6.07) is 7.16. The van der Waals surface area contributed by atoms with Crippen LogP contribution in [0.2, 0.25) is 10.0 Å². The van der Waals surface area contributed by atoms with Crippen molar-refractivity contribution in [3.05, 3.63) is 81.6 Å². The molecule has 31 heavy (non-hydrogen) atoms. The summed E-state index contributed by atoms with van der Waals surface area (Å²) in [6.45, 7) is 0. The van der Waals surface area contributed by atoms with E-state index in [2.05, 4.69) is 31.7 Å². The molecule has 0 unspecified atom stereocenters. The summed E-state index contributed by atoms with van der Waals surface area (Å²) in [5, 5.41) is 7.36. The number of nitrogens with one attached hydrogen (secondary N) is 2. The van der Waals surface area contributed by atoms with Gasteiger partial charge in [0.25, 0.3) is 10.0 Å². The van der Waals surface area contributed by atoms with Gasteiger partial charge in [-0.1, -0.05) is 35.0 Å². The number of hydrogen-bond acceptors (Lipinski definition) is 4. The minimum Gasteiger partial charge on any atom is -0.277 e. The van der Waals surface area contributed by atoms with E-state index in [1.54, 1.807) is 6.07 Å². The van der Waals surface area contributed by atoms with Crippen LogP contribution in [0.1, 0.15) is 11.1 Å². The van der Waals surface area contributed by atoms with Gasteiger partial charge in [-0.25, -0.2) is 22.2 Å². The standard InChI is InChI=1S/C20H10Cl2F2N4O2S/c21-13-6-14(22)8-15(7-13)31(29,30)28-18-4-3-17(23)16(19(18)24)2-1-11-5-12-10-26-27-20(12)25-9-11/h3-10,28H,(H,25,26,27). The van der Waals surface area contributed by atoms with E-state index in [1.165, 1.54) is 18.5 Å². The van der Waals surface area contributed by atoms with Crippen LogP contribution in [0, 0.1) is 23.5 Å². The molecule has 2 heterocycles. The lowest BCUT2D eigenvalue weighted by Crippen LogP contribution is -2.14. The van der Waals surface area contributed by atoms with Gasteiger partial charge in [0.1, 0.15) is 5.82 Å². The maximum Gasteiger partial charge on any atom is 0.262 e. The van der Waals surface area contributed by atoms with Gasteiger partial charge in [-0.05, 0) is 36.4 Å². The third-order valence-electron chi connectivity index (χ3n) is 4.10. The molecule has 0 aliphatic carbocycles.